The van der Waals surface area contributed by atoms with Crippen molar-refractivity contribution in [1.82, 2.24) is 5.32 Å². The zero-order valence-corrected chi connectivity index (χ0v) is 14.0. The molecule has 0 saturated carbocycles. The normalized spacial score (nSPS) is 14.6. The van der Waals surface area contributed by atoms with Crippen LogP contribution in [-0.4, -0.2) is 19.2 Å². The van der Waals surface area contributed by atoms with Crippen LogP contribution in [-0.2, 0) is 4.74 Å². The van der Waals surface area contributed by atoms with Gasteiger partial charge in [-0.3, -0.25) is 0 Å². The van der Waals surface area contributed by atoms with Crippen molar-refractivity contribution in [2.45, 2.75) is 46.3 Å². The zero-order valence-electron chi connectivity index (χ0n) is 12.4. The van der Waals surface area contributed by atoms with Gasteiger partial charge in [-0.05, 0) is 43.5 Å². The molecule has 0 aromatic heterocycles. The molecule has 1 aromatic carbocycles. The summed E-state index contributed by atoms with van der Waals surface area (Å²) in [5.74, 6) is 0.666. The number of hydrogen-bond acceptors (Lipinski definition) is 2. The molecular formula is C16H26BrNO. The van der Waals surface area contributed by atoms with Crippen molar-refractivity contribution in [2.24, 2.45) is 5.92 Å². The Kier molecular flexibility index (Phi) is 7.66. The van der Waals surface area contributed by atoms with E-state index in [1.165, 1.54) is 5.56 Å². The van der Waals surface area contributed by atoms with Gasteiger partial charge in [0.1, 0.15) is 0 Å². The quantitative estimate of drug-likeness (QED) is 0.756. The number of rotatable bonds is 8. The van der Waals surface area contributed by atoms with Crippen LogP contribution in [0.15, 0.2) is 28.7 Å². The molecule has 19 heavy (non-hydrogen) atoms. The fourth-order valence-electron chi connectivity index (χ4n) is 2.20. The second kappa shape index (κ2) is 8.72. The van der Waals surface area contributed by atoms with Crippen molar-refractivity contribution in [3.05, 3.63) is 34.3 Å². The summed E-state index contributed by atoms with van der Waals surface area (Å²) in [5.41, 5.74) is 1.24. The van der Waals surface area contributed by atoms with Crippen molar-refractivity contribution in [1.29, 1.82) is 0 Å². The highest BCUT2D eigenvalue weighted by molar-refractivity contribution is 9.10. The highest BCUT2D eigenvalue weighted by atomic mass is 79.9. The van der Waals surface area contributed by atoms with Crippen LogP contribution in [0.5, 0.6) is 0 Å². The lowest BCUT2D eigenvalue weighted by Crippen LogP contribution is -2.26. The van der Waals surface area contributed by atoms with E-state index in [4.69, 9.17) is 4.74 Å². The first kappa shape index (κ1) is 16.7. The van der Waals surface area contributed by atoms with E-state index < -0.39 is 0 Å². The largest absolute Gasteiger partial charge is 0.369 e. The van der Waals surface area contributed by atoms with Gasteiger partial charge >= 0.3 is 0 Å². The van der Waals surface area contributed by atoms with E-state index in [0.717, 1.165) is 24.0 Å². The summed E-state index contributed by atoms with van der Waals surface area (Å²) in [5, 5.41) is 3.38. The first-order valence-corrected chi connectivity index (χ1v) is 7.93. The smallest absolute Gasteiger partial charge is 0.0952 e. The molecule has 0 spiro atoms. The van der Waals surface area contributed by atoms with E-state index in [1.54, 1.807) is 0 Å². The lowest BCUT2D eigenvalue weighted by atomic mass is 10.1. The van der Waals surface area contributed by atoms with E-state index in [9.17, 15) is 0 Å². The number of likely N-dealkylation sites (N-methyl/N-ethyl adjacent to an activating group) is 1. The Morgan fingerprint density at radius 1 is 1.16 bits per heavy atom. The second-order valence-corrected chi connectivity index (χ2v) is 6.34. The highest BCUT2D eigenvalue weighted by Gasteiger charge is 2.16. The molecule has 0 aliphatic carbocycles. The molecule has 1 rings (SSSR count). The molecule has 2 atom stereocenters. The summed E-state index contributed by atoms with van der Waals surface area (Å²) in [6, 6.07) is 8.41. The maximum absolute atomic E-state index is 6.21. The standard InChI is InChI=1S/C16H26BrNO/c1-5-18-11-16(19-13(4)10-12(2)3)14-6-8-15(17)9-7-14/h6-9,12-13,16,18H,5,10-11H2,1-4H3. The van der Waals surface area contributed by atoms with Crippen molar-refractivity contribution < 1.29 is 4.74 Å². The number of benzene rings is 1. The molecule has 2 nitrogen and oxygen atoms in total. The third-order valence-corrected chi connectivity index (χ3v) is 3.55. The molecule has 0 saturated heterocycles. The van der Waals surface area contributed by atoms with Gasteiger partial charge in [0.2, 0.25) is 0 Å². The van der Waals surface area contributed by atoms with E-state index in [2.05, 4.69) is 73.2 Å². The molecule has 0 bridgehead atoms. The molecular weight excluding hydrogens is 302 g/mol. The highest BCUT2D eigenvalue weighted by Crippen LogP contribution is 2.23. The van der Waals surface area contributed by atoms with Gasteiger partial charge in [0.15, 0.2) is 0 Å². The first-order valence-electron chi connectivity index (χ1n) is 7.14. The van der Waals surface area contributed by atoms with Crippen molar-refractivity contribution in [3.8, 4) is 0 Å². The van der Waals surface area contributed by atoms with Gasteiger partial charge in [0, 0.05) is 11.0 Å². The third-order valence-electron chi connectivity index (χ3n) is 3.02. The number of nitrogens with one attached hydrogen (secondary N) is 1. The second-order valence-electron chi connectivity index (χ2n) is 5.42. The van der Waals surface area contributed by atoms with Crippen LogP contribution in [0.1, 0.15) is 45.8 Å². The number of hydrogen-bond donors (Lipinski definition) is 1. The van der Waals surface area contributed by atoms with Crippen LogP contribution < -0.4 is 5.32 Å². The molecule has 0 aliphatic heterocycles. The van der Waals surface area contributed by atoms with Gasteiger partial charge in [0.05, 0.1) is 12.2 Å². The molecule has 0 amide bonds. The topological polar surface area (TPSA) is 21.3 Å². The summed E-state index contributed by atoms with van der Waals surface area (Å²) in [7, 11) is 0. The van der Waals surface area contributed by atoms with Gasteiger partial charge in [-0.1, -0.05) is 48.8 Å². The monoisotopic (exact) mass is 327 g/mol. The Morgan fingerprint density at radius 2 is 1.79 bits per heavy atom. The van der Waals surface area contributed by atoms with E-state index in [-0.39, 0.29) is 12.2 Å². The molecule has 0 radical (unpaired) electrons. The Hall–Kier alpha value is -0.380. The van der Waals surface area contributed by atoms with Crippen LogP contribution in [0, 0.1) is 5.92 Å². The fourth-order valence-corrected chi connectivity index (χ4v) is 2.46. The van der Waals surface area contributed by atoms with Gasteiger partial charge in [-0.2, -0.15) is 0 Å². The minimum atomic E-state index is 0.127. The SMILES string of the molecule is CCNCC(OC(C)CC(C)C)c1ccc(Br)cc1. The Bertz CT molecular complexity index is 350. The Morgan fingerprint density at radius 3 is 2.32 bits per heavy atom. The molecule has 1 aromatic rings. The average Bonchev–Trinajstić information content (AvgIpc) is 2.34. The predicted molar refractivity (Wildman–Crippen MR) is 85.4 cm³/mol. The molecule has 0 heterocycles. The van der Waals surface area contributed by atoms with Gasteiger partial charge in [0.25, 0.3) is 0 Å². The van der Waals surface area contributed by atoms with Crippen molar-refractivity contribution >= 4 is 15.9 Å². The lowest BCUT2D eigenvalue weighted by molar-refractivity contribution is -0.0124. The first-order chi connectivity index (χ1) is 9.02. The summed E-state index contributed by atoms with van der Waals surface area (Å²) in [6.45, 7) is 10.6. The van der Waals surface area contributed by atoms with Crippen LogP contribution in [0.2, 0.25) is 0 Å². The zero-order chi connectivity index (χ0) is 14.3. The van der Waals surface area contributed by atoms with Gasteiger partial charge in [-0.25, -0.2) is 0 Å². The molecule has 1 N–H and O–H groups in total. The lowest BCUT2D eigenvalue weighted by Gasteiger charge is -2.24. The van der Waals surface area contributed by atoms with Crippen LogP contribution in [0.25, 0.3) is 0 Å². The predicted octanol–water partition coefficient (Wildman–Crippen LogP) is 4.55. The van der Waals surface area contributed by atoms with E-state index in [0.29, 0.717) is 5.92 Å². The third kappa shape index (κ3) is 6.55. The molecule has 2 unspecified atom stereocenters. The Labute approximate surface area is 126 Å². The molecule has 0 aliphatic rings. The number of halogens is 1. The minimum absolute atomic E-state index is 0.127. The van der Waals surface area contributed by atoms with E-state index >= 15 is 0 Å². The van der Waals surface area contributed by atoms with E-state index in [1.807, 2.05) is 0 Å². The molecule has 0 fully saturated rings. The maximum atomic E-state index is 6.21. The van der Waals surface area contributed by atoms with Crippen LogP contribution in [0.4, 0.5) is 0 Å². The summed E-state index contributed by atoms with van der Waals surface area (Å²) in [4.78, 5) is 0. The van der Waals surface area contributed by atoms with Crippen molar-refractivity contribution in [3.63, 3.8) is 0 Å². The summed E-state index contributed by atoms with van der Waals surface area (Å²) >= 11 is 3.47. The fraction of sp³-hybridized carbons (Fsp3) is 0.625. The minimum Gasteiger partial charge on any atom is -0.369 e. The number of ether oxygens (including phenoxy) is 1. The van der Waals surface area contributed by atoms with Crippen LogP contribution >= 0.6 is 15.9 Å². The summed E-state index contributed by atoms with van der Waals surface area (Å²) < 4.78 is 7.32. The van der Waals surface area contributed by atoms with Gasteiger partial charge in [-0.15, -0.1) is 0 Å². The summed E-state index contributed by atoms with van der Waals surface area (Å²) in [6.07, 6.45) is 1.51. The average molecular weight is 328 g/mol. The van der Waals surface area contributed by atoms with Gasteiger partial charge < -0.3 is 10.1 Å². The molecule has 108 valence electrons. The Balaban J connectivity index is 2.68. The van der Waals surface area contributed by atoms with Crippen LogP contribution in [0.3, 0.4) is 0 Å². The molecule has 3 heteroatoms. The maximum Gasteiger partial charge on any atom is 0.0952 e. The van der Waals surface area contributed by atoms with Crippen molar-refractivity contribution in [2.75, 3.05) is 13.1 Å².